The molecule has 3 rings (SSSR count). The summed E-state index contributed by atoms with van der Waals surface area (Å²) in [6, 6.07) is 18.3. The van der Waals surface area contributed by atoms with E-state index in [0.717, 1.165) is 24.8 Å². The van der Waals surface area contributed by atoms with E-state index in [4.69, 9.17) is 9.47 Å². The average molecular weight is 465 g/mol. The van der Waals surface area contributed by atoms with Gasteiger partial charge in [-0.3, -0.25) is 0 Å². The largest absolute Gasteiger partial charge is 0.488 e. The van der Waals surface area contributed by atoms with E-state index in [1.54, 1.807) is 38.1 Å². The summed E-state index contributed by atoms with van der Waals surface area (Å²) in [6.45, 7) is 5.65. The number of carbonyl (C=O) groups excluding carboxylic acids is 1. The molecule has 0 bridgehead atoms. The molecule has 0 aromatic heterocycles. The summed E-state index contributed by atoms with van der Waals surface area (Å²) in [5.41, 5.74) is 2.26. The van der Waals surface area contributed by atoms with Crippen LogP contribution in [0.25, 0.3) is 0 Å². The number of carbonyl (C=O) groups is 1. The van der Waals surface area contributed by atoms with E-state index in [1.165, 1.54) is 0 Å². The first-order valence-corrected chi connectivity index (χ1v) is 11.8. The quantitative estimate of drug-likeness (QED) is 0.257. The molecule has 1 N–H and O–H groups in total. The van der Waals surface area contributed by atoms with Gasteiger partial charge in [-0.15, -0.1) is 0 Å². The van der Waals surface area contributed by atoms with Crippen molar-refractivity contribution in [3.8, 4) is 11.5 Å². The van der Waals surface area contributed by atoms with E-state index in [0.29, 0.717) is 29.0 Å². The molecule has 34 heavy (non-hydrogen) atoms. The standard InChI is InChI=1S/C29H33FO4/c1-4-5-12-23(18-31)17-25-20(2)28(33-19-22-13-8-6-9-14-22)26(21(3)27(25)30)29(32)34-24-15-10-7-11-16-24/h6-11,13-16,23,31H,4-5,12,17-19H2,1-3H3. The van der Waals surface area contributed by atoms with Crippen molar-refractivity contribution < 1.29 is 23.8 Å². The Labute approximate surface area is 201 Å². The Morgan fingerprint density at radius 3 is 2.26 bits per heavy atom. The molecule has 3 aromatic rings. The van der Waals surface area contributed by atoms with Gasteiger partial charge in [-0.25, -0.2) is 9.18 Å². The van der Waals surface area contributed by atoms with E-state index in [1.807, 2.05) is 36.4 Å². The molecule has 0 aliphatic rings. The molecule has 0 saturated carbocycles. The van der Waals surface area contributed by atoms with Crippen LogP contribution >= 0.6 is 0 Å². The molecule has 0 fully saturated rings. The van der Waals surface area contributed by atoms with E-state index in [2.05, 4.69) is 6.92 Å². The normalized spacial score (nSPS) is 11.8. The summed E-state index contributed by atoms with van der Waals surface area (Å²) >= 11 is 0. The molecule has 3 aromatic carbocycles. The van der Waals surface area contributed by atoms with Crippen LogP contribution in [0.2, 0.25) is 0 Å². The van der Waals surface area contributed by atoms with Gasteiger partial charge in [0.25, 0.3) is 0 Å². The second-order valence-electron chi connectivity index (χ2n) is 8.62. The highest BCUT2D eigenvalue weighted by Crippen LogP contribution is 2.36. The summed E-state index contributed by atoms with van der Waals surface area (Å²) < 4.78 is 27.3. The third-order valence-electron chi connectivity index (χ3n) is 6.09. The molecule has 1 unspecified atom stereocenters. The van der Waals surface area contributed by atoms with Gasteiger partial charge in [-0.2, -0.15) is 0 Å². The van der Waals surface area contributed by atoms with Crippen molar-refractivity contribution in [3.05, 3.63) is 94.3 Å². The minimum absolute atomic E-state index is 0.0179. The zero-order chi connectivity index (χ0) is 24.5. The van der Waals surface area contributed by atoms with Gasteiger partial charge in [0.15, 0.2) is 0 Å². The fourth-order valence-corrected chi connectivity index (χ4v) is 4.08. The smallest absolute Gasteiger partial charge is 0.347 e. The average Bonchev–Trinajstić information content (AvgIpc) is 2.86. The molecule has 0 amide bonds. The van der Waals surface area contributed by atoms with Gasteiger partial charge in [0, 0.05) is 12.2 Å². The number of aliphatic hydroxyl groups excluding tert-OH is 1. The van der Waals surface area contributed by atoms with Crippen molar-refractivity contribution in [2.75, 3.05) is 6.61 Å². The van der Waals surface area contributed by atoms with Crippen molar-refractivity contribution in [3.63, 3.8) is 0 Å². The van der Waals surface area contributed by atoms with Crippen molar-refractivity contribution in [1.82, 2.24) is 0 Å². The van der Waals surface area contributed by atoms with Crippen molar-refractivity contribution in [1.29, 1.82) is 0 Å². The number of rotatable bonds is 11. The zero-order valence-electron chi connectivity index (χ0n) is 20.1. The molecule has 0 radical (unpaired) electrons. The number of esters is 1. The predicted octanol–water partition coefficient (Wildman–Crippen LogP) is 6.58. The van der Waals surface area contributed by atoms with Gasteiger partial charge < -0.3 is 14.6 Å². The Balaban J connectivity index is 2.02. The Bertz CT molecular complexity index is 1080. The minimum atomic E-state index is -0.662. The van der Waals surface area contributed by atoms with Crippen LogP contribution < -0.4 is 9.47 Å². The fraction of sp³-hybridized carbons (Fsp3) is 0.345. The maximum Gasteiger partial charge on any atom is 0.347 e. The second kappa shape index (κ2) is 12.3. The number of para-hydroxylation sites is 1. The molecule has 0 heterocycles. The maximum atomic E-state index is 15.6. The van der Waals surface area contributed by atoms with Crippen LogP contribution in [-0.4, -0.2) is 17.7 Å². The van der Waals surface area contributed by atoms with E-state index < -0.39 is 11.8 Å². The molecule has 180 valence electrons. The molecular weight excluding hydrogens is 431 g/mol. The second-order valence-corrected chi connectivity index (χ2v) is 8.62. The Morgan fingerprint density at radius 2 is 1.65 bits per heavy atom. The SMILES string of the molecule is CCCCC(CO)Cc1c(C)c(OCc2ccccc2)c(C(=O)Oc2ccccc2)c(C)c1F. The van der Waals surface area contributed by atoms with Crippen LogP contribution in [0.1, 0.15) is 58.8 Å². The van der Waals surface area contributed by atoms with Gasteiger partial charge in [0.2, 0.25) is 0 Å². The number of hydrogen-bond acceptors (Lipinski definition) is 4. The van der Waals surface area contributed by atoms with Crippen molar-refractivity contribution >= 4 is 5.97 Å². The van der Waals surface area contributed by atoms with Crippen molar-refractivity contribution in [2.45, 2.75) is 53.1 Å². The summed E-state index contributed by atoms with van der Waals surface area (Å²) in [6.07, 6.45) is 3.16. The van der Waals surface area contributed by atoms with Gasteiger partial charge in [0.1, 0.15) is 29.5 Å². The topological polar surface area (TPSA) is 55.8 Å². The summed E-state index contributed by atoms with van der Waals surface area (Å²) in [7, 11) is 0. The predicted molar refractivity (Wildman–Crippen MR) is 132 cm³/mol. The summed E-state index contributed by atoms with van der Waals surface area (Å²) in [4.78, 5) is 13.2. The molecule has 1 atom stereocenters. The third-order valence-corrected chi connectivity index (χ3v) is 6.09. The van der Waals surface area contributed by atoms with Crippen LogP contribution in [-0.2, 0) is 13.0 Å². The lowest BCUT2D eigenvalue weighted by molar-refractivity contribution is 0.0727. The number of hydrogen-bond donors (Lipinski definition) is 1. The molecule has 0 saturated heterocycles. The van der Waals surface area contributed by atoms with Crippen LogP contribution in [0.4, 0.5) is 4.39 Å². The lowest BCUT2D eigenvalue weighted by Gasteiger charge is -2.22. The molecule has 0 aliphatic heterocycles. The molecule has 0 aliphatic carbocycles. The minimum Gasteiger partial charge on any atom is -0.488 e. The number of aliphatic hydroxyl groups is 1. The van der Waals surface area contributed by atoms with E-state index in [9.17, 15) is 9.90 Å². The Hall–Kier alpha value is -3.18. The highest BCUT2D eigenvalue weighted by molar-refractivity contribution is 5.96. The number of benzene rings is 3. The fourth-order valence-electron chi connectivity index (χ4n) is 4.08. The van der Waals surface area contributed by atoms with Crippen LogP contribution in [0.3, 0.4) is 0 Å². The Morgan fingerprint density at radius 1 is 1.00 bits per heavy atom. The van der Waals surface area contributed by atoms with Crippen LogP contribution in [0.15, 0.2) is 60.7 Å². The number of ether oxygens (including phenoxy) is 2. The lowest BCUT2D eigenvalue weighted by Crippen LogP contribution is -2.18. The monoisotopic (exact) mass is 464 g/mol. The highest BCUT2D eigenvalue weighted by atomic mass is 19.1. The maximum absolute atomic E-state index is 15.6. The first-order valence-electron chi connectivity index (χ1n) is 11.8. The van der Waals surface area contributed by atoms with E-state index >= 15 is 4.39 Å². The van der Waals surface area contributed by atoms with Gasteiger partial charge in [-0.1, -0.05) is 68.3 Å². The van der Waals surface area contributed by atoms with Gasteiger partial charge in [-0.05, 0) is 61.4 Å². The molecule has 5 heteroatoms. The van der Waals surface area contributed by atoms with Crippen molar-refractivity contribution in [2.24, 2.45) is 5.92 Å². The zero-order valence-corrected chi connectivity index (χ0v) is 20.1. The van der Waals surface area contributed by atoms with E-state index in [-0.39, 0.29) is 30.3 Å². The third kappa shape index (κ3) is 6.23. The first kappa shape index (κ1) is 25.4. The summed E-state index contributed by atoms with van der Waals surface area (Å²) in [5.74, 6) is -0.463. The molecule has 0 spiro atoms. The van der Waals surface area contributed by atoms with Crippen LogP contribution in [0, 0.1) is 25.6 Å². The number of halogens is 1. The number of unbranched alkanes of at least 4 members (excludes halogenated alkanes) is 1. The highest BCUT2D eigenvalue weighted by Gasteiger charge is 2.28. The lowest BCUT2D eigenvalue weighted by atomic mass is 9.88. The van der Waals surface area contributed by atoms with Gasteiger partial charge in [0.05, 0.1) is 0 Å². The molecular formula is C29H33FO4. The first-order chi connectivity index (χ1) is 16.5. The van der Waals surface area contributed by atoms with Gasteiger partial charge >= 0.3 is 5.97 Å². The Kier molecular flexibility index (Phi) is 9.23. The molecule has 4 nitrogen and oxygen atoms in total. The summed E-state index contributed by atoms with van der Waals surface area (Å²) in [5, 5.41) is 9.87. The van der Waals surface area contributed by atoms with Crippen LogP contribution in [0.5, 0.6) is 11.5 Å².